The number of halogens is 18. The molecule has 1 amide bonds. The van der Waals surface area contributed by atoms with Gasteiger partial charge in [0.15, 0.2) is 0 Å². The number of thiazole rings is 2. The van der Waals surface area contributed by atoms with Crippen LogP contribution in [0.2, 0.25) is 0 Å². The summed E-state index contributed by atoms with van der Waals surface area (Å²) in [6.07, 6.45) is -16.9. The summed E-state index contributed by atoms with van der Waals surface area (Å²) in [6, 6.07) is 62.9. The molecule has 0 radical (unpaired) electrons. The number of benzene rings is 8. The highest BCUT2D eigenvalue weighted by atomic mass is 32.2. The number of amides is 1. The number of nitriles is 1. The molecule has 1 N–H and O–H groups in total. The van der Waals surface area contributed by atoms with Crippen LogP contribution in [0.3, 0.4) is 0 Å². The van der Waals surface area contributed by atoms with Crippen LogP contribution in [0.1, 0.15) is 48.5 Å². The molecule has 38 heteroatoms. The number of ether oxygens (including phenoxy) is 4. The number of hydrogen-bond donors (Lipinski definition) is 1. The topological polar surface area (TPSA) is 181 Å². The van der Waals surface area contributed by atoms with Gasteiger partial charge in [0.05, 0.1) is 66.3 Å². The zero-order chi connectivity index (χ0) is 86.7. The quantitative estimate of drug-likeness (QED) is 0.0179. The summed E-state index contributed by atoms with van der Waals surface area (Å²) in [4.78, 5) is 40.3. The Morgan fingerprint density at radius 2 is 0.883 bits per heavy atom. The number of alkyl halides is 18. The van der Waals surface area contributed by atoms with Crippen molar-refractivity contribution >= 4 is 122 Å². The largest absolute Gasteiger partial charge is 0.497 e. The number of Topliss-reactive ketones (excluding diaryl/α,β-unsaturated/α-hetero) is 1. The molecule has 0 saturated carbocycles. The van der Waals surface area contributed by atoms with Gasteiger partial charge in [-0.15, -0.1) is 22.7 Å². The average molecular weight is 1730 g/mol. The van der Waals surface area contributed by atoms with E-state index in [-0.39, 0.29) is 76.0 Å². The van der Waals surface area contributed by atoms with Gasteiger partial charge in [0.25, 0.3) is 0 Å². The molecule has 0 aliphatic heterocycles. The van der Waals surface area contributed by atoms with Crippen molar-refractivity contribution in [2.75, 3.05) is 39.7 Å². The van der Waals surface area contributed by atoms with Gasteiger partial charge in [0.2, 0.25) is 21.4 Å². The normalized spacial score (nSPS) is 13.2. The molecule has 12 rings (SSSR count). The Kier molecular flexibility index (Phi) is 25.2. The van der Waals surface area contributed by atoms with Crippen LogP contribution in [0.25, 0.3) is 69.8 Å². The van der Waals surface area contributed by atoms with Crippen LogP contribution < -0.4 is 56.8 Å². The second-order valence-electron chi connectivity index (χ2n) is 27.2. The van der Waals surface area contributed by atoms with Gasteiger partial charge in [-0.3, -0.25) is 9.59 Å². The predicted molar refractivity (Wildman–Crippen MR) is 419 cm³/mol. The number of ketones is 1. The molecule has 0 bridgehead atoms. The monoisotopic (exact) mass is 1730 g/mol. The highest BCUT2D eigenvalue weighted by molar-refractivity contribution is 7.93. The van der Waals surface area contributed by atoms with Gasteiger partial charge in [-0.2, -0.15) is 84.3 Å². The van der Waals surface area contributed by atoms with Gasteiger partial charge in [-0.25, -0.2) is 23.2 Å². The van der Waals surface area contributed by atoms with E-state index in [0.717, 1.165) is 0 Å². The van der Waals surface area contributed by atoms with E-state index in [1.165, 1.54) is 54.3 Å². The van der Waals surface area contributed by atoms with Gasteiger partial charge in [0, 0.05) is 52.5 Å². The number of unbranched alkanes of at least 4 members (excludes halogenated alkanes) is 2. The van der Waals surface area contributed by atoms with Crippen molar-refractivity contribution in [1.29, 1.82) is 5.26 Å². The summed E-state index contributed by atoms with van der Waals surface area (Å²) < 4.78 is 300. The predicted octanol–water partition coefficient (Wildman–Crippen LogP) is 16.2. The number of carbonyl (C=O) groups excluding carboxylic acids is 2. The summed E-state index contributed by atoms with van der Waals surface area (Å²) in [7, 11) is -4.06. The third kappa shape index (κ3) is 16.9. The molecule has 0 spiro atoms. The van der Waals surface area contributed by atoms with Crippen LogP contribution >= 0.6 is 22.7 Å². The fourth-order valence-electron chi connectivity index (χ4n) is 13.5. The van der Waals surface area contributed by atoms with Crippen LogP contribution in [0.5, 0.6) is 23.0 Å². The molecule has 0 unspecified atom stereocenters. The lowest BCUT2D eigenvalue weighted by atomic mass is 9.50. The van der Waals surface area contributed by atoms with Crippen LogP contribution in [-0.2, 0) is 19.4 Å². The number of sulfone groups is 1. The lowest BCUT2D eigenvalue weighted by Gasteiger charge is -2.33. The molecule has 15 nitrogen and oxygen atoms in total. The fourth-order valence-corrected chi connectivity index (χ4v) is 16.7. The average Bonchev–Trinajstić information content (AvgIpc) is 1.51. The van der Waals surface area contributed by atoms with Crippen molar-refractivity contribution in [2.45, 2.75) is 85.7 Å². The highest BCUT2D eigenvalue weighted by Gasteiger charge is 2.85. The molecule has 0 aliphatic carbocycles. The number of fused-ring (bicyclic) bond motifs is 3. The van der Waals surface area contributed by atoms with Crippen molar-refractivity contribution < 1.29 is 116 Å². The van der Waals surface area contributed by atoms with E-state index in [2.05, 4.69) is 10.9 Å². The highest BCUT2D eigenvalue weighted by Crippen LogP contribution is 2.56. The second-order valence-corrected chi connectivity index (χ2v) is 31.3. The number of aromatic nitrogens is 4. The Morgan fingerprint density at radius 3 is 1.29 bits per heavy atom. The number of carbonyl (C=O) groups is 2. The van der Waals surface area contributed by atoms with Crippen LogP contribution in [0, 0.1) is 17.9 Å². The molecule has 120 heavy (non-hydrogen) atoms. The van der Waals surface area contributed by atoms with E-state index in [1.807, 2.05) is 130 Å². The summed E-state index contributed by atoms with van der Waals surface area (Å²) >= 11 is 2.37. The minimum atomic E-state index is -7.54. The number of nitrogens with zero attached hydrogens (tertiary/aromatic N) is 6. The molecule has 8 aromatic carbocycles. The maximum atomic E-state index is 14.6. The van der Waals surface area contributed by atoms with Gasteiger partial charge in [-0.05, 0) is 110 Å². The first kappa shape index (κ1) is 87.6. The third-order valence-electron chi connectivity index (χ3n) is 19.4. The number of methoxy groups -OCH3 is 2. The molecule has 622 valence electrons. The first-order valence-corrected chi connectivity index (χ1v) is 39.4. The van der Waals surface area contributed by atoms with Gasteiger partial charge < -0.3 is 33.2 Å². The van der Waals surface area contributed by atoms with Crippen molar-refractivity contribution in [3.63, 3.8) is 0 Å². The zero-order valence-electron chi connectivity index (χ0n) is 62.3. The first-order valence-electron chi connectivity index (χ1n) is 36.1. The van der Waals surface area contributed by atoms with Crippen molar-refractivity contribution in [3.8, 4) is 51.6 Å². The number of nitrogens with one attached hydrogen (secondary N) is 1. The van der Waals surface area contributed by atoms with Gasteiger partial charge >= 0.3 is 60.9 Å². The smallest absolute Gasteiger partial charge is 0.460 e. The summed E-state index contributed by atoms with van der Waals surface area (Å²) in [5, 5.41) is 8.26. The lowest BCUT2D eigenvalue weighted by molar-refractivity contribution is -0.394. The maximum absolute atomic E-state index is 14.6. The molecule has 4 heterocycles. The second kappa shape index (κ2) is 34.5. The van der Waals surface area contributed by atoms with Crippen molar-refractivity contribution in [1.82, 2.24) is 24.2 Å². The van der Waals surface area contributed by atoms with Gasteiger partial charge in [0.1, 0.15) is 56.2 Å². The Morgan fingerprint density at radius 1 is 0.500 bits per heavy atom. The SMILES string of the molecule is [C-]#[N+]/C(c1nc2cc(OC)ccc2s1)=c1\c2c(-c3ccc(OCCCCC(=O)NCC(F)(F)C(F)(F)C(F)(F)C(F)(F)F)cc3)n(B(c3ccccc3)c3ccccc3)/c(=C(/C#N)c3nc4cc(OC)ccc4s3)c2c(-c2ccc(OCCCCC(=O)CS(=O)(=O)C(F)(F)C(F)(F)C(F)(F)C(F)(F)F)cc2)n1B(c1ccccc1)c1ccccc1. The minimum absolute atomic E-state index is 0.00498. The van der Waals surface area contributed by atoms with E-state index in [0.29, 0.717) is 87.1 Å². The molecule has 12 aromatic rings. The Labute approximate surface area is 679 Å². The van der Waals surface area contributed by atoms with Gasteiger partial charge in [-0.1, -0.05) is 143 Å². The number of rotatable bonds is 33. The maximum Gasteiger partial charge on any atom is 0.460 e. The summed E-state index contributed by atoms with van der Waals surface area (Å²) in [6.45, 7) is 4.67. The molecular weight excluding hydrogens is 1670 g/mol. The van der Waals surface area contributed by atoms with Crippen LogP contribution in [0.4, 0.5) is 79.0 Å². The van der Waals surface area contributed by atoms with E-state index in [4.69, 9.17) is 28.9 Å². The molecule has 0 atom stereocenters. The standard InChI is InChI=1S/C82H61B2F18N7O8S3/c1-104-68(74-107-62-45-59(115-3)39-41-64(62)119-74)72-67-66(69(109(72)84(53-24-12-6-13-25-53)54-26-14-7-15-27-54)49-30-34-56(35-31-49)116-42-18-16-28-55(110)47-120(112,113)82(101,102)79(93,94)78(91,92)81(98,99)100)71(60(46-103)73-106-61-44-58(114-2)38-40-63(61)118-73)108(83(51-20-8-4-9-21-51)52-22-10-5-11-23-52)70(67)50-32-36-57(37-33-50)117-43-19-17-29-65(111)105-48-75(85,86)76(87,88)77(89,90)80(95,96)97/h4-15,20-27,30-41,44-45H,16-19,28-29,42-43,47-48H2,2-3H3,(H,105,111)/b71-60-,72-68+. The Hall–Kier alpha value is -11.8. The lowest BCUT2D eigenvalue weighted by Crippen LogP contribution is -2.63. The molecule has 0 aliphatic rings. The van der Waals surface area contributed by atoms with E-state index >= 15 is 0 Å². The zero-order valence-corrected chi connectivity index (χ0v) is 64.8. The Bertz CT molecular complexity index is 5930. The summed E-state index contributed by atoms with van der Waals surface area (Å²) in [5.41, 5.74) is 4.91. The molecule has 4 aromatic heterocycles. The minimum Gasteiger partial charge on any atom is -0.497 e. The molecule has 0 saturated heterocycles. The first-order chi connectivity index (χ1) is 56.8. The van der Waals surface area contributed by atoms with Crippen LogP contribution in [-0.4, -0.2) is 140 Å². The summed E-state index contributed by atoms with van der Waals surface area (Å²) in [5.74, 6) is -39.7. The van der Waals surface area contributed by atoms with Crippen molar-refractivity contribution in [2.24, 2.45) is 0 Å². The third-order valence-corrected chi connectivity index (χ3v) is 23.3. The van der Waals surface area contributed by atoms with E-state index in [9.17, 15) is 109 Å². The molecule has 0 fully saturated rings. The van der Waals surface area contributed by atoms with Crippen molar-refractivity contribution in [3.05, 3.63) is 238 Å². The number of hydrogen-bond acceptors (Lipinski definition) is 13. The van der Waals surface area contributed by atoms with E-state index in [1.54, 1.807) is 72.8 Å². The Balaban J connectivity index is 1.08. The molecular formula is C82H61B2F18N7O8S3. The van der Waals surface area contributed by atoms with E-state index < -0.39 is 114 Å². The fraction of sp³-hybridized carbons (Fsp3) is 0.244. The van der Waals surface area contributed by atoms with Crippen LogP contribution in [0.15, 0.2) is 206 Å².